The van der Waals surface area contributed by atoms with Gasteiger partial charge in [-0.25, -0.2) is 4.90 Å². The van der Waals surface area contributed by atoms with E-state index in [0.29, 0.717) is 15.5 Å². The van der Waals surface area contributed by atoms with Crippen LogP contribution in [0.1, 0.15) is 16.4 Å². The van der Waals surface area contributed by atoms with Crippen LogP contribution in [-0.4, -0.2) is 39.2 Å². The molecule has 10 nitrogen and oxygen atoms in total. The van der Waals surface area contributed by atoms with E-state index in [1.54, 1.807) is 12.1 Å². The van der Waals surface area contributed by atoms with Crippen LogP contribution in [0, 0.1) is 16.0 Å². The first-order valence-electron chi connectivity index (χ1n) is 9.69. The summed E-state index contributed by atoms with van der Waals surface area (Å²) in [5.74, 6) is -2.23. The number of methoxy groups -OCH3 is 1. The highest BCUT2D eigenvalue weighted by Gasteiger charge is 2.56. The molecule has 3 atom stereocenters. The highest BCUT2D eigenvalue weighted by molar-refractivity contribution is 8.00. The third-order valence-electron chi connectivity index (χ3n) is 5.71. The largest absolute Gasteiger partial charge is 0.504 e. The van der Waals surface area contributed by atoms with Crippen LogP contribution in [0.5, 0.6) is 11.5 Å². The molecule has 33 heavy (non-hydrogen) atoms. The minimum absolute atomic E-state index is 0.0770. The number of thiazole rings is 1. The molecule has 2 amide bonds. The number of carbonyl (C=O) groups excluding carboxylic acids is 2. The third kappa shape index (κ3) is 3.29. The van der Waals surface area contributed by atoms with Gasteiger partial charge in [0.2, 0.25) is 11.8 Å². The Hall–Kier alpha value is -3.64. The molecule has 2 N–H and O–H groups in total. The second-order valence-electron chi connectivity index (χ2n) is 7.47. The number of amides is 2. The number of thioether (sulfide) groups is 1. The van der Waals surface area contributed by atoms with E-state index in [0.717, 1.165) is 28.0 Å². The van der Waals surface area contributed by atoms with Gasteiger partial charge in [0.05, 0.1) is 28.7 Å². The molecule has 5 rings (SSSR count). The molecule has 3 heterocycles. The minimum Gasteiger partial charge on any atom is -0.504 e. The van der Waals surface area contributed by atoms with Crippen molar-refractivity contribution in [2.24, 2.45) is 5.92 Å². The molecule has 2 aromatic carbocycles. The zero-order valence-corrected chi connectivity index (χ0v) is 18.5. The summed E-state index contributed by atoms with van der Waals surface area (Å²) in [6, 6.07) is 9.88. The number of rotatable bonds is 4. The molecule has 1 fully saturated rings. The third-order valence-corrected chi connectivity index (χ3v) is 8.11. The number of ether oxygens (including phenoxy) is 1. The van der Waals surface area contributed by atoms with Crippen LogP contribution in [0.15, 0.2) is 52.3 Å². The first-order valence-corrected chi connectivity index (χ1v) is 11.4. The number of carbonyl (C=O) groups is 2. The van der Waals surface area contributed by atoms with Crippen LogP contribution in [0.3, 0.4) is 0 Å². The number of nitro benzene ring substituents is 1. The number of hydrogen-bond donors (Lipinski definition) is 2. The number of nitrogens with zero attached hydrogens (tertiary/aromatic N) is 2. The summed E-state index contributed by atoms with van der Waals surface area (Å²) in [7, 11) is 1.40. The van der Waals surface area contributed by atoms with Crippen LogP contribution in [0.25, 0.3) is 0 Å². The molecule has 2 aliphatic rings. The van der Waals surface area contributed by atoms with Crippen molar-refractivity contribution < 1.29 is 24.4 Å². The number of phenolic OH excluding ortho intramolecular Hbond substituents is 1. The van der Waals surface area contributed by atoms with Crippen molar-refractivity contribution in [1.82, 2.24) is 4.98 Å². The summed E-state index contributed by atoms with van der Waals surface area (Å²) in [5, 5.41) is 20.7. The standard InChI is InChI=1S/C21H15N3O7S2/c1-31-13-8-9(2-7-12(13)25)14-15-17(32-18-16(14)33-21(28)22-18)20(27)23(19(15)26)10-3-5-11(6-4-10)24(29)30/h2-8,14-15,17,25H,1H3,(H,22,28). The van der Waals surface area contributed by atoms with Crippen LogP contribution < -0.4 is 14.5 Å². The average Bonchev–Trinajstić information content (AvgIpc) is 3.29. The van der Waals surface area contributed by atoms with Gasteiger partial charge in [0.25, 0.3) is 5.69 Å². The van der Waals surface area contributed by atoms with Crippen molar-refractivity contribution >= 4 is 46.3 Å². The van der Waals surface area contributed by atoms with Crippen LogP contribution in [0.4, 0.5) is 11.4 Å². The Morgan fingerprint density at radius 1 is 1.12 bits per heavy atom. The number of fused-ring (bicyclic) bond motifs is 2. The summed E-state index contributed by atoms with van der Waals surface area (Å²) in [6.07, 6.45) is 0. The number of aromatic hydroxyl groups is 1. The molecule has 2 aliphatic heterocycles. The smallest absolute Gasteiger partial charge is 0.305 e. The summed E-state index contributed by atoms with van der Waals surface area (Å²) in [5.41, 5.74) is 0.700. The number of non-ortho nitro benzene ring substituents is 1. The number of nitrogens with one attached hydrogen (secondary N) is 1. The van der Waals surface area contributed by atoms with Crippen molar-refractivity contribution in [2.75, 3.05) is 12.0 Å². The first-order chi connectivity index (χ1) is 15.8. The number of nitro groups is 1. The van der Waals surface area contributed by atoms with Gasteiger partial charge in [-0.2, -0.15) is 0 Å². The highest BCUT2D eigenvalue weighted by Crippen LogP contribution is 2.53. The van der Waals surface area contributed by atoms with Crippen LogP contribution >= 0.6 is 23.1 Å². The summed E-state index contributed by atoms with van der Waals surface area (Å²) >= 11 is 2.11. The molecule has 1 aromatic heterocycles. The molecule has 0 radical (unpaired) electrons. The lowest BCUT2D eigenvalue weighted by Crippen LogP contribution is -2.32. The van der Waals surface area contributed by atoms with Gasteiger partial charge in [-0.3, -0.25) is 24.5 Å². The Labute approximate surface area is 194 Å². The molecule has 0 spiro atoms. The number of benzene rings is 2. The molecule has 168 valence electrons. The van der Waals surface area contributed by atoms with Crippen LogP contribution in [-0.2, 0) is 9.59 Å². The second kappa shape index (κ2) is 7.74. The lowest BCUT2D eigenvalue weighted by molar-refractivity contribution is -0.384. The highest BCUT2D eigenvalue weighted by atomic mass is 32.2. The quantitative estimate of drug-likeness (QED) is 0.326. The zero-order chi connectivity index (χ0) is 23.4. The second-order valence-corrected chi connectivity index (χ2v) is 9.63. The number of imide groups is 1. The van der Waals surface area contributed by atoms with Crippen molar-refractivity contribution in [1.29, 1.82) is 0 Å². The Kier molecular flexibility index (Phi) is 4.98. The maximum Gasteiger partial charge on any atom is 0.305 e. The van der Waals surface area contributed by atoms with E-state index < -0.39 is 33.8 Å². The van der Waals surface area contributed by atoms with Crippen LogP contribution in [0.2, 0.25) is 0 Å². The van der Waals surface area contributed by atoms with Gasteiger partial charge in [-0.15, -0.1) is 0 Å². The number of hydrogen-bond acceptors (Lipinski definition) is 9. The van der Waals surface area contributed by atoms with Gasteiger partial charge in [-0.05, 0) is 29.8 Å². The summed E-state index contributed by atoms with van der Waals surface area (Å²) in [4.78, 5) is 53.6. The number of anilines is 1. The lowest BCUT2D eigenvalue weighted by Gasteiger charge is -2.30. The van der Waals surface area contributed by atoms with E-state index in [9.17, 15) is 29.6 Å². The molecular formula is C21H15N3O7S2. The van der Waals surface area contributed by atoms with E-state index in [4.69, 9.17) is 4.74 Å². The van der Waals surface area contributed by atoms with Gasteiger partial charge < -0.3 is 14.8 Å². The van der Waals surface area contributed by atoms with Crippen molar-refractivity contribution in [3.63, 3.8) is 0 Å². The van der Waals surface area contributed by atoms with Gasteiger partial charge >= 0.3 is 4.87 Å². The maximum absolute atomic E-state index is 13.6. The Morgan fingerprint density at radius 2 is 1.85 bits per heavy atom. The van der Waals surface area contributed by atoms with E-state index >= 15 is 0 Å². The van der Waals surface area contributed by atoms with Gasteiger partial charge in [-0.1, -0.05) is 29.2 Å². The normalized spacial score (nSPS) is 21.6. The fourth-order valence-electron chi connectivity index (χ4n) is 4.24. The Morgan fingerprint density at radius 3 is 2.52 bits per heavy atom. The van der Waals surface area contributed by atoms with E-state index in [1.165, 1.54) is 37.4 Å². The molecular weight excluding hydrogens is 470 g/mol. The molecule has 3 unspecified atom stereocenters. The number of aromatic nitrogens is 1. The predicted molar refractivity (Wildman–Crippen MR) is 120 cm³/mol. The number of phenols is 1. The Bertz CT molecular complexity index is 1360. The first kappa shape index (κ1) is 21.2. The molecule has 12 heteroatoms. The fourth-order valence-corrected chi connectivity index (χ4v) is 6.76. The molecule has 0 aliphatic carbocycles. The van der Waals surface area contributed by atoms with Crippen molar-refractivity contribution in [2.45, 2.75) is 16.2 Å². The van der Waals surface area contributed by atoms with E-state index in [2.05, 4.69) is 4.98 Å². The minimum atomic E-state index is -0.814. The summed E-state index contributed by atoms with van der Waals surface area (Å²) in [6.45, 7) is 0. The van der Waals surface area contributed by atoms with Gasteiger partial charge in [0.15, 0.2) is 11.5 Å². The average molecular weight is 485 g/mol. The molecule has 0 bridgehead atoms. The number of H-pyrrole nitrogens is 1. The number of aromatic amines is 1. The summed E-state index contributed by atoms with van der Waals surface area (Å²) < 4.78 is 5.21. The monoisotopic (exact) mass is 485 g/mol. The molecule has 0 saturated carbocycles. The van der Waals surface area contributed by atoms with Gasteiger partial charge in [0, 0.05) is 22.9 Å². The molecule has 3 aromatic rings. The lowest BCUT2D eigenvalue weighted by atomic mass is 9.83. The van der Waals surface area contributed by atoms with Crippen molar-refractivity contribution in [3.8, 4) is 11.5 Å². The predicted octanol–water partition coefficient (Wildman–Crippen LogP) is 2.85. The topological polar surface area (TPSA) is 143 Å². The van der Waals surface area contributed by atoms with E-state index in [1.807, 2.05) is 0 Å². The van der Waals surface area contributed by atoms with Gasteiger partial charge in [0.1, 0.15) is 5.25 Å². The Balaban J connectivity index is 1.62. The zero-order valence-electron chi connectivity index (χ0n) is 16.9. The van der Waals surface area contributed by atoms with E-state index in [-0.39, 0.29) is 27.7 Å². The maximum atomic E-state index is 13.6. The fraction of sp³-hybridized carbons (Fsp3) is 0.190. The molecule has 1 saturated heterocycles. The van der Waals surface area contributed by atoms with Crippen molar-refractivity contribution in [3.05, 3.63) is 72.7 Å². The SMILES string of the molecule is COc1cc(C2c3sc(=O)[nH]c3SC3C(=O)N(c4ccc([N+](=O)[O-])cc4)C(=O)C32)ccc1O.